The molecule has 2 aliphatic carbocycles. The molecule has 1 aliphatic heterocycles. The topological polar surface area (TPSA) is 75.1 Å². The Labute approximate surface area is 180 Å². The van der Waals surface area contributed by atoms with Crippen molar-refractivity contribution >= 4 is 23.1 Å². The van der Waals surface area contributed by atoms with Gasteiger partial charge in [-0.25, -0.2) is 13.8 Å². The summed E-state index contributed by atoms with van der Waals surface area (Å²) in [6.45, 7) is 2.96. The van der Waals surface area contributed by atoms with Gasteiger partial charge in [-0.05, 0) is 38.0 Å². The number of anilines is 3. The van der Waals surface area contributed by atoms with Crippen molar-refractivity contribution in [1.82, 2.24) is 14.8 Å². The minimum absolute atomic E-state index is 0.0206. The van der Waals surface area contributed by atoms with Gasteiger partial charge < -0.3 is 15.5 Å². The monoisotopic (exact) mass is 430 g/mol. The lowest BCUT2D eigenvalue weighted by atomic mass is 10.0. The standard InChI is InChI=1S/C22H28F2N6O/c1-13-19-17(29(2)20(16-3-4-16)21(31)28-19)7-18(27-13)25-9-15-10-26-30(12-15)11-14-5-6-22(23,24)8-14/h7,10,12,14,16,20H,3-6,8-9,11H2,1-2H3,(H,25,27)(H,28,31)/t14-,20?/m1/s1. The Hall–Kier alpha value is -2.71. The first-order chi connectivity index (χ1) is 14.8. The average Bonchev–Trinajstić information content (AvgIpc) is 3.34. The van der Waals surface area contributed by atoms with E-state index in [-0.39, 0.29) is 30.7 Å². The van der Waals surface area contributed by atoms with Gasteiger partial charge in [0.1, 0.15) is 11.9 Å². The molecule has 7 nitrogen and oxygen atoms in total. The van der Waals surface area contributed by atoms with Crippen LogP contribution in [-0.2, 0) is 17.9 Å². The highest BCUT2D eigenvalue weighted by Gasteiger charge is 2.43. The minimum atomic E-state index is -2.52. The molecule has 166 valence electrons. The van der Waals surface area contributed by atoms with E-state index in [1.54, 1.807) is 10.9 Å². The van der Waals surface area contributed by atoms with Crippen LogP contribution in [0.5, 0.6) is 0 Å². The van der Waals surface area contributed by atoms with E-state index in [2.05, 4.69) is 25.6 Å². The zero-order valence-corrected chi connectivity index (χ0v) is 17.9. The van der Waals surface area contributed by atoms with Gasteiger partial charge in [0.25, 0.3) is 0 Å². The molecule has 0 aromatic carbocycles. The fourth-order valence-corrected chi connectivity index (χ4v) is 4.90. The van der Waals surface area contributed by atoms with Crippen molar-refractivity contribution in [3.63, 3.8) is 0 Å². The van der Waals surface area contributed by atoms with Gasteiger partial charge in [0.2, 0.25) is 11.8 Å². The molecule has 0 bridgehead atoms. The predicted molar refractivity (Wildman–Crippen MR) is 114 cm³/mol. The van der Waals surface area contributed by atoms with E-state index in [4.69, 9.17) is 0 Å². The van der Waals surface area contributed by atoms with E-state index >= 15 is 0 Å². The van der Waals surface area contributed by atoms with Gasteiger partial charge in [0.05, 0.1) is 23.3 Å². The van der Waals surface area contributed by atoms with E-state index < -0.39 is 5.92 Å². The summed E-state index contributed by atoms with van der Waals surface area (Å²) in [6.07, 6.45) is 6.33. The molecule has 0 spiro atoms. The van der Waals surface area contributed by atoms with Gasteiger partial charge in [-0.1, -0.05) is 0 Å². The van der Waals surface area contributed by atoms with Crippen molar-refractivity contribution in [2.45, 2.75) is 64.1 Å². The molecule has 3 heterocycles. The van der Waals surface area contributed by atoms with Crippen LogP contribution >= 0.6 is 0 Å². The number of amides is 1. The molecular weight excluding hydrogens is 402 g/mol. The Morgan fingerprint density at radius 1 is 1.32 bits per heavy atom. The molecule has 9 heteroatoms. The number of aryl methyl sites for hydroxylation is 1. The molecule has 2 aromatic rings. The van der Waals surface area contributed by atoms with Gasteiger partial charge in [-0.2, -0.15) is 5.10 Å². The van der Waals surface area contributed by atoms with Crippen molar-refractivity contribution in [3.05, 3.63) is 29.7 Å². The number of hydrogen-bond acceptors (Lipinski definition) is 5. The third-order valence-electron chi connectivity index (χ3n) is 6.67. The fourth-order valence-electron chi connectivity index (χ4n) is 4.90. The van der Waals surface area contributed by atoms with Gasteiger partial charge in [0.15, 0.2) is 0 Å². The zero-order valence-electron chi connectivity index (χ0n) is 17.9. The van der Waals surface area contributed by atoms with Gasteiger partial charge in [-0.15, -0.1) is 0 Å². The van der Waals surface area contributed by atoms with Crippen LogP contribution in [0.3, 0.4) is 0 Å². The lowest BCUT2D eigenvalue weighted by Gasteiger charge is -2.36. The smallest absolute Gasteiger partial charge is 0.248 e. The molecule has 0 saturated heterocycles. The van der Waals surface area contributed by atoms with Crippen LogP contribution in [-0.4, -0.2) is 39.7 Å². The Morgan fingerprint density at radius 3 is 2.84 bits per heavy atom. The summed E-state index contributed by atoms with van der Waals surface area (Å²) in [5, 5.41) is 10.7. The Kier molecular flexibility index (Phi) is 4.86. The molecule has 2 fully saturated rings. The van der Waals surface area contributed by atoms with Gasteiger partial charge in [-0.3, -0.25) is 9.48 Å². The molecule has 1 amide bonds. The number of fused-ring (bicyclic) bond motifs is 1. The number of carbonyl (C=O) groups is 1. The number of nitrogens with zero attached hydrogens (tertiary/aromatic N) is 4. The molecule has 2 saturated carbocycles. The number of likely N-dealkylation sites (N-methyl/N-ethyl adjacent to an activating group) is 1. The normalized spacial score (nSPS) is 24.8. The summed E-state index contributed by atoms with van der Waals surface area (Å²) in [6, 6.07) is 1.85. The van der Waals surface area contributed by atoms with Crippen LogP contribution in [0.4, 0.5) is 26.0 Å². The van der Waals surface area contributed by atoms with Crippen molar-refractivity contribution in [1.29, 1.82) is 0 Å². The lowest BCUT2D eigenvalue weighted by molar-refractivity contribution is -0.118. The third kappa shape index (κ3) is 4.09. The highest BCUT2D eigenvalue weighted by Crippen LogP contribution is 2.43. The van der Waals surface area contributed by atoms with Crippen LogP contribution in [0.15, 0.2) is 18.5 Å². The van der Waals surface area contributed by atoms with Crippen LogP contribution in [0.2, 0.25) is 0 Å². The van der Waals surface area contributed by atoms with Gasteiger partial charge in [0, 0.05) is 50.8 Å². The lowest BCUT2D eigenvalue weighted by Crippen LogP contribution is -2.47. The van der Waals surface area contributed by atoms with Crippen LogP contribution in [0.25, 0.3) is 0 Å². The molecule has 3 aliphatic rings. The molecule has 5 rings (SSSR count). The van der Waals surface area contributed by atoms with E-state index in [1.807, 2.05) is 26.2 Å². The molecule has 31 heavy (non-hydrogen) atoms. The fraction of sp³-hybridized carbons (Fsp3) is 0.591. The molecule has 2 N–H and O–H groups in total. The SMILES string of the molecule is Cc1nc(NCc2cnn(C[C@@H]3CCC(F)(F)C3)c2)cc2c1NC(=O)C(C1CC1)N2C. The summed E-state index contributed by atoms with van der Waals surface area (Å²) in [4.78, 5) is 19.2. The first-order valence-electron chi connectivity index (χ1n) is 11.0. The van der Waals surface area contributed by atoms with E-state index in [0.29, 0.717) is 25.4 Å². The Balaban J connectivity index is 1.25. The maximum absolute atomic E-state index is 13.4. The molecule has 0 radical (unpaired) electrons. The van der Waals surface area contributed by atoms with E-state index in [0.717, 1.165) is 41.3 Å². The molecule has 2 atom stereocenters. The first-order valence-corrected chi connectivity index (χ1v) is 11.0. The first kappa shape index (κ1) is 20.2. The van der Waals surface area contributed by atoms with Crippen LogP contribution in [0, 0.1) is 18.8 Å². The van der Waals surface area contributed by atoms with E-state index in [1.165, 1.54) is 0 Å². The quantitative estimate of drug-likeness (QED) is 0.729. The number of rotatable bonds is 6. The maximum Gasteiger partial charge on any atom is 0.248 e. The third-order valence-corrected chi connectivity index (χ3v) is 6.67. The number of alkyl halides is 2. The highest BCUT2D eigenvalue weighted by atomic mass is 19.3. The number of halogens is 2. The van der Waals surface area contributed by atoms with Crippen molar-refractivity contribution in [2.24, 2.45) is 11.8 Å². The van der Waals surface area contributed by atoms with E-state index in [9.17, 15) is 13.6 Å². The molecule has 1 unspecified atom stereocenters. The summed E-state index contributed by atoms with van der Waals surface area (Å²) in [7, 11) is 1.97. The van der Waals surface area contributed by atoms with Crippen molar-refractivity contribution < 1.29 is 13.6 Å². The average molecular weight is 431 g/mol. The summed E-state index contributed by atoms with van der Waals surface area (Å²) >= 11 is 0. The minimum Gasteiger partial charge on any atom is -0.366 e. The number of aromatic nitrogens is 3. The largest absolute Gasteiger partial charge is 0.366 e. The van der Waals surface area contributed by atoms with Gasteiger partial charge >= 0.3 is 0 Å². The number of hydrogen-bond donors (Lipinski definition) is 2. The van der Waals surface area contributed by atoms with Crippen LogP contribution in [0.1, 0.15) is 43.4 Å². The number of nitrogens with one attached hydrogen (secondary N) is 2. The van der Waals surface area contributed by atoms with Crippen molar-refractivity contribution in [3.8, 4) is 0 Å². The summed E-state index contributed by atoms with van der Waals surface area (Å²) in [5.74, 6) is -1.34. The van der Waals surface area contributed by atoms with Crippen LogP contribution < -0.4 is 15.5 Å². The number of carbonyl (C=O) groups excluding carboxylic acids is 1. The zero-order chi connectivity index (χ0) is 21.8. The summed E-state index contributed by atoms with van der Waals surface area (Å²) < 4.78 is 28.6. The molecular formula is C22H28F2N6O. The maximum atomic E-state index is 13.4. The second kappa shape index (κ2) is 7.46. The highest BCUT2D eigenvalue weighted by molar-refractivity contribution is 6.04. The second-order valence-electron chi connectivity index (χ2n) is 9.26. The summed E-state index contributed by atoms with van der Waals surface area (Å²) in [5.41, 5.74) is 3.49. The molecule has 2 aromatic heterocycles. The second-order valence-corrected chi connectivity index (χ2v) is 9.26. The predicted octanol–water partition coefficient (Wildman–Crippen LogP) is 3.80. The Morgan fingerprint density at radius 2 is 2.13 bits per heavy atom. The van der Waals surface area contributed by atoms with Crippen molar-refractivity contribution in [2.75, 3.05) is 22.6 Å². The number of pyridine rings is 1. The Bertz CT molecular complexity index is 1000.